The van der Waals surface area contributed by atoms with Crippen LogP contribution in [0.25, 0.3) is 0 Å². The molecule has 0 spiro atoms. The number of methoxy groups -OCH3 is 2. The molecule has 0 bridgehead atoms. The van der Waals surface area contributed by atoms with Crippen LogP contribution in [-0.2, 0) is 21.0 Å². The minimum Gasteiger partial charge on any atom is -0.493 e. The Kier molecular flexibility index (Phi) is 8.53. The number of hydrogen-bond acceptors (Lipinski definition) is 6. The summed E-state index contributed by atoms with van der Waals surface area (Å²) in [5.74, 6) is 0.899. The Morgan fingerprint density at radius 3 is 2.24 bits per heavy atom. The Hall–Kier alpha value is -3.93. The average molecular weight is 539 g/mol. The van der Waals surface area contributed by atoms with Crippen LogP contribution in [0, 0.1) is 0 Å². The van der Waals surface area contributed by atoms with Crippen LogP contribution in [0.15, 0.2) is 71.6 Å². The van der Waals surface area contributed by atoms with E-state index in [1.165, 1.54) is 44.6 Å². The van der Waals surface area contributed by atoms with Gasteiger partial charge in [-0.25, -0.2) is 8.42 Å². The summed E-state index contributed by atoms with van der Waals surface area (Å²) >= 11 is 0. The lowest BCUT2D eigenvalue weighted by atomic mass is 10.1. The topological polar surface area (TPSA) is 103 Å². The van der Waals surface area contributed by atoms with Crippen molar-refractivity contribution >= 4 is 21.6 Å². The Balaban J connectivity index is 1.58. The van der Waals surface area contributed by atoms with Gasteiger partial charge in [-0.2, -0.15) is 13.2 Å². The number of rotatable bonds is 10. The third-order valence-electron chi connectivity index (χ3n) is 5.23. The SMILES string of the molecule is COc1ccc(C(C)NC(=O)COc2ccc(S(=O)(=O)Nc3cccc(C(F)(F)F)c3)cc2)cc1OC. The van der Waals surface area contributed by atoms with Crippen molar-refractivity contribution in [2.24, 2.45) is 0 Å². The average Bonchev–Trinajstić information content (AvgIpc) is 2.86. The summed E-state index contributed by atoms with van der Waals surface area (Å²) in [5.41, 5.74) is -0.417. The highest BCUT2D eigenvalue weighted by molar-refractivity contribution is 7.92. The first-order chi connectivity index (χ1) is 17.4. The number of halogens is 3. The van der Waals surface area contributed by atoms with Gasteiger partial charge in [0.05, 0.1) is 30.7 Å². The number of amides is 1. The van der Waals surface area contributed by atoms with Crippen molar-refractivity contribution in [3.05, 3.63) is 77.9 Å². The second-order valence-corrected chi connectivity index (χ2v) is 9.53. The van der Waals surface area contributed by atoms with Gasteiger partial charge >= 0.3 is 6.18 Å². The standard InChI is InChI=1S/C25H25F3N2O6S/c1-16(17-7-12-22(34-2)23(13-17)35-3)29-24(31)15-36-20-8-10-21(11-9-20)37(32,33)30-19-6-4-5-18(14-19)25(26,27)28/h4-14,16,30H,15H2,1-3H3,(H,29,31). The lowest BCUT2D eigenvalue weighted by Crippen LogP contribution is -2.31. The van der Waals surface area contributed by atoms with E-state index in [4.69, 9.17) is 14.2 Å². The summed E-state index contributed by atoms with van der Waals surface area (Å²) in [6, 6.07) is 13.9. The van der Waals surface area contributed by atoms with Gasteiger partial charge in [0, 0.05) is 5.69 Å². The Morgan fingerprint density at radius 2 is 1.62 bits per heavy atom. The van der Waals surface area contributed by atoms with E-state index in [0.717, 1.165) is 17.7 Å². The minimum atomic E-state index is -4.61. The largest absolute Gasteiger partial charge is 0.493 e. The molecule has 3 aromatic rings. The molecule has 1 amide bonds. The molecular weight excluding hydrogens is 513 g/mol. The molecule has 0 heterocycles. The lowest BCUT2D eigenvalue weighted by molar-refractivity contribution is -0.137. The quantitative estimate of drug-likeness (QED) is 0.385. The fourth-order valence-electron chi connectivity index (χ4n) is 3.33. The second-order valence-electron chi connectivity index (χ2n) is 7.85. The third-order valence-corrected chi connectivity index (χ3v) is 6.63. The molecule has 0 aliphatic heterocycles. The molecule has 0 saturated heterocycles. The van der Waals surface area contributed by atoms with E-state index < -0.39 is 27.7 Å². The van der Waals surface area contributed by atoms with Crippen molar-refractivity contribution in [3.63, 3.8) is 0 Å². The second kappa shape index (κ2) is 11.4. The molecule has 0 aromatic heterocycles. The molecule has 2 N–H and O–H groups in total. The minimum absolute atomic E-state index is 0.191. The van der Waals surface area contributed by atoms with Crippen molar-refractivity contribution in [2.75, 3.05) is 25.5 Å². The number of benzene rings is 3. The molecule has 198 valence electrons. The van der Waals surface area contributed by atoms with Crippen LogP contribution in [0.5, 0.6) is 17.2 Å². The van der Waals surface area contributed by atoms with E-state index in [2.05, 4.69) is 10.0 Å². The van der Waals surface area contributed by atoms with Crippen molar-refractivity contribution in [3.8, 4) is 17.2 Å². The number of sulfonamides is 1. The summed E-state index contributed by atoms with van der Waals surface area (Å²) in [5, 5.41) is 2.79. The van der Waals surface area contributed by atoms with Crippen molar-refractivity contribution < 1.29 is 40.6 Å². The zero-order valence-electron chi connectivity index (χ0n) is 20.1. The first-order valence-corrected chi connectivity index (χ1v) is 12.4. The zero-order chi connectivity index (χ0) is 27.2. The van der Waals surface area contributed by atoms with Crippen molar-refractivity contribution in [1.82, 2.24) is 5.32 Å². The van der Waals surface area contributed by atoms with Crippen molar-refractivity contribution in [2.45, 2.75) is 24.0 Å². The monoisotopic (exact) mass is 538 g/mol. The van der Waals surface area contributed by atoms with Crippen LogP contribution in [0.3, 0.4) is 0 Å². The molecule has 0 saturated carbocycles. The lowest BCUT2D eigenvalue weighted by Gasteiger charge is -2.17. The highest BCUT2D eigenvalue weighted by atomic mass is 32.2. The normalized spacial score (nSPS) is 12.4. The maximum atomic E-state index is 12.9. The molecule has 1 atom stereocenters. The first kappa shape index (κ1) is 27.7. The molecule has 12 heteroatoms. The number of ether oxygens (including phenoxy) is 3. The van der Waals surface area contributed by atoms with Crippen molar-refractivity contribution in [1.29, 1.82) is 0 Å². The summed E-state index contributed by atoms with van der Waals surface area (Å²) in [6.45, 7) is 1.46. The van der Waals surface area contributed by atoms with Gasteiger partial charge in [-0.05, 0) is 67.1 Å². The summed E-state index contributed by atoms with van der Waals surface area (Å²) < 4.78 is 81.8. The molecule has 1 unspecified atom stereocenters. The molecular formula is C25H25F3N2O6S. The number of anilines is 1. The third kappa shape index (κ3) is 7.29. The van der Waals surface area contributed by atoms with Crippen LogP contribution < -0.4 is 24.2 Å². The van der Waals surface area contributed by atoms with E-state index in [1.54, 1.807) is 25.1 Å². The Morgan fingerprint density at radius 1 is 0.946 bits per heavy atom. The summed E-state index contributed by atoms with van der Waals surface area (Å²) in [4.78, 5) is 12.1. The fourth-order valence-corrected chi connectivity index (χ4v) is 4.38. The predicted octanol–water partition coefficient (Wildman–Crippen LogP) is 4.78. The maximum absolute atomic E-state index is 12.9. The fraction of sp³-hybridized carbons (Fsp3) is 0.240. The van der Waals surface area contributed by atoms with E-state index in [9.17, 15) is 26.4 Å². The van der Waals surface area contributed by atoms with Gasteiger partial charge in [-0.1, -0.05) is 12.1 Å². The molecule has 0 fully saturated rings. The first-order valence-electron chi connectivity index (χ1n) is 10.9. The number of hydrogen-bond donors (Lipinski definition) is 2. The highest BCUT2D eigenvalue weighted by Gasteiger charge is 2.30. The van der Waals surface area contributed by atoms with E-state index in [0.29, 0.717) is 17.6 Å². The molecule has 3 rings (SSSR count). The maximum Gasteiger partial charge on any atom is 0.416 e. The molecule has 37 heavy (non-hydrogen) atoms. The van der Waals surface area contributed by atoms with E-state index in [1.807, 2.05) is 0 Å². The van der Waals surface area contributed by atoms with Crippen LogP contribution in [0.1, 0.15) is 24.1 Å². The molecule has 0 radical (unpaired) electrons. The van der Waals surface area contributed by atoms with E-state index in [-0.39, 0.29) is 29.0 Å². The van der Waals surface area contributed by atoms with Gasteiger partial charge in [-0.3, -0.25) is 9.52 Å². The van der Waals surface area contributed by atoms with Gasteiger partial charge in [0.1, 0.15) is 5.75 Å². The Labute approximate surface area is 212 Å². The summed E-state index contributed by atoms with van der Waals surface area (Å²) in [7, 11) is -1.12. The van der Waals surface area contributed by atoms with Gasteiger partial charge in [-0.15, -0.1) is 0 Å². The van der Waals surface area contributed by atoms with Gasteiger partial charge in [0.15, 0.2) is 18.1 Å². The zero-order valence-corrected chi connectivity index (χ0v) is 20.9. The predicted molar refractivity (Wildman–Crippen MR) is 130 cm³/mol. The van der Waals surface area contributed by atoms with Gasteiger partial charge in [0.2, 0.25) is 0 Å². The number of carbonyl (C=O) groups excluding carboxylic acids is 1. The number of carbonyl (C=O) groups is 1. The van der Waals surface area contributed by atoms with Crippen LogP contribution in [0.4, 0.5) is 18.9 Å². The van der Waals surface area contributed by atoms with Crippen LogP contribution in [-0.4, -0.2) is 35.2 Å². The molecule has 3 aromatic carbocycles. The molecule has 8 nitrogen and oxygen atoms in total. The highest BCUT2D eigenvalue weighted by Crippen LogP contribution is 2.32. The smallest absolute Gasteiger partial charge is 0.416 e. The number of alkyl halides is 3. The molecule has 0 aliphatic rings. The van der Waals surface area contributed by atoms with Gasteiger partial charge in [0.25, 0.3) is 15.9 Å². The Bertz CT molecular complexity index is 1350. The summed E-state index contributed by atoms with van der Waals surface area (Å²) in [6.07, 6.45) is -4.61. The van der Waals surface area contributed by atoms with E-state index >= 15 is 0 Å². The van der Waals surface area contributed by atoms with Crippen LogP contribution >= 0.6 is 0 Å². The number of nitrogens with one attached hydrogen (secondary N) is 2. The van der Waals surface area contributed by atoms with Gasteiger partial charge < -0.3 is 19.5 Å². The molecule has 0 aliphatic carbocycles. The van der Waals surface area contributed by atoms with Crippen LogP contribution in [0.2, 0.25) is 0 Å².